The van der Waals surface area contributed by atoms with E-state index >= 15 is 0 Å². The molecule has 2 aromatic rings. The van der Waals surface area contributed by atoms with Crippen LogP contribution >= 0.6 is 11.6 Å². The zero-order valence-electron chi connectivity index (χ0n) is 13.2. The van der Waals surface area contributed by atoms with Crippen LogP contribution < -0.4 is 5.32 Å². The fourth-order valence-corrected chi connectivity index (χ4v) is 3.14. The Bertz CT molecular complexity index is 923. The van der Waals surface area contributed by atoms with Gasteiger partial charge < -0.3 is 10.4 Å². The van der Waals surface area contributed by atoms with Gasteiger partial charge in [0.05, 0.1) is 11.3 Å². The van der Waals surface area contributed by atoms with E-state index in [9.17, 15) is 9.90 Å². The number of aromatic carboxylic acids is 1. The highest BCUT2D eigenvalue weighted by Crippen LogP contribution is 2.30. The summed E-state index contributed by atoms with van der Waals surface area (Å²) in [4.78, 5) is 22.5. The van der Waals surface area contributed by atoms with Crippen molar-refractivity contribution in [1.29, 1.82) is 0 Å². The number of nitrogens with zero attached hydrogens (tertiary/aromatic N) is 3. The second-order valence-corrected chi connectivity index (χ2v) is 6.25. The van der Waals surface area contributed by atoms with E-state index < -0.39 is 5.97 Å². The molecule has 0 unspecified atom stereocenters. The summed E-state index contributed by atoms with van der Waals surface area (Å²) in [6, 6.07) is 12.3. The van der Waals surface area contributed by atoms with Crippen LogP contribution in [0.3, 0.4) is 0 Å². The van der Waals surface area contributed by atoms with E-state index in [1.54, 1.807) is 24.3 Å². The number of carboxylic acids is 1. The first-order valence-corrected chi connectivity index (χ1v) is 8.30. The molecule has 4 rings (SSSR count). The van der Waals surface area contributed by atoms with Crippen LogP contribution in [-0.4, -0.2) is 40.9 Å². The normalized spacial score (nSPS) is 15.6. The first-order valence-electron chi connectivity index (χ1n) is 7.93. The first kappa shape index (κ1) is 15.7. The Hall–Kier alpha value is -2.86. The highest BCUT2D eigenvalue weighted by molar-refractivity contribution is 6.31. The average molecular weight is 355 g/mol. The Morgan fingerprint density at radius 2 is 2.12 bits per heavy atom. The maximum atomic E-state index is 11.3. The maximum absolute atomic E-state index is 11.3. The zero-order chi connectivity index (χ0) is 17.4. The molecule has 0 saturated heterocycles. The van der Waals surface area contributed by atoms with Crippen LogP contribution in [0.2, 0.25) is 5.02 Å². The first-order chi connectivity index (χ1) is 12.1. The Morgan fingerprint density at radius 1 is 1.24 bits per heavy atom. The van der Waals surface area contributed by atoms with Gasteiger partial charge in [-0.3, -0.25) is 9.89 Å². The molecule has 2 N–H and O–H groups in total. The van der Waals surface area contributed by atoms with E-state index in [0.717, 1.165) is 36.6 Å². The number of carboxylic acid groups (broad SMARTS) is 1. The van der Waals surface area contributed by atoms with Crippen molar-refractivity contribution in [2.75, 3.05) is 18.4 Å². The molecule has 126 valence electrons. The van der Waals surface area contributed by atoms with Crippen molar-refractivity contribution >= 4 is 40.7 Å². The number of aliphatic imine (C=N–C) groups is 2. The molecule has 0 saturated carbocycles. The highest BCUT2D eigenvalue weighted by atomic mass is 35.5. The van der Waals surface area contributed by atoms with Gasteiger partial charge in [0.15, 0.2) is 0 Å². The number of hydrogen-bond acceptors (Lipinski definition) is 5. The van der Waals surface area contributed by atoms with Crippen molar-refractivity contribution in [3.63, 3.8) is 0 Å². The van der Waals surface area contributed by atoms with Crippen LogP contribution in [0.5, 0.6) is 0 Å². The molecule has 2 aliphatic heterocycles. The third kappa shape index (κ3) is 2.96. The Labute approximate surface area is 149 Å². The summed E-state index contributed by atoms with van der Waals surface area (Å²) in [7, 11) is 0. The smallest absolute Gasteiger partial charge is 0.335 e. The third-order valence-electron chi connectivity index (χ3n) is 4.11. The van der Waals surface area contributed by atoms with Crippen LogP contribution in [0.4, 0.5) is 11.4 Å². The van der Waals surface area contributed by atoms with Gasteiger partial charge in [-0.2, -0.15) is 0 Å². The minimum atomic E-state index is -0.977. The van der Waals surface area contributed by atoms with Gasteiger partial charge in [0, 0.05) is 29.4 Å². The minimum absolute atomic E-state index is 0.203. The topological polar surface area (TPSA) is 77.3 Å². The van der Waals surface area contributed by atoms with Crippen molar-refractivity contribution in [1.82, 2.24) is 4.90 Å². The maximum Gasteiger partial charge on any atom is 0.335 e. The van der Waals surface area contributed by atoms with Gasteiger partial charge in [-0.15, -0.1) is 0 Å². The van der Waals surface area contributed by atoms with Crippen LogP contribution in [0, 0.1) is 0 Å². The monoisotopic (exact) mass is 354 g/mol. The molecule has 0 amide bonds. The van der Waals surface area contributed by atoms with E-state index in [2.05, 4.69) is 15.3 Å². The molecule has 0 bridgehead atoms. The second kappa shape index (κ2) is 6.22. The molecule has 7 heteroatoms. The number of benzene rings is 2. The number of amidine groups is 1. The van der Waals surface area contributed by atoms with Gasteiger partial charge >= 0.3 is 5.97 Å². The van der Waals surface area contributed by atoms with Crippen molar-refractivity contribution in [3.05, 3.63) is 58.6 Å². The summed E-state index contributed by atoms with van der Waals surface area (Å²) in [5, 5.41) is 13.1. The van der Waals surface area contributed by atoms with Gasteiger partial charge in [-0.1, -0.05) is 17.7 Å². The van der Waals surface area contributed by atoms with Crippen molar-refractivity contribution in [2.24, 2.45) is 9.98 Å². The summed E-state index contributed by atoms with van der Waals surface area (Å²) in [5.74, 6) is 0.462. The van der Waals surface area contributed by atoms with Crippen molar-refractivity contribution in [2.45, 2.75) is 6.42 Å². The summed E-state index contributed by atoms with van der Waals surface area (Å²) >= 11 is 6.05. The number of anilines is 1. The lowest BCUT2D eigenvalue weighted by Gasteiger charge is -2.34. The summed E-state index contributed by atoms with van der Waals surface area (Å²) in [5.41, 5.74) is 2.46. The number of hydrogen-bond donors (Lipinski definition) is 2. The van der Waals surface area contributed by atoms with Crippen molar-refractivity contribution < 1.29 is 9.90 Å². The summed E-state index contributed by atoms with van der Waals surface area (Å²) < 4.78 is 0. The number of nitrogens with one attached hydrogen (secondary N) is 1. The van der Waals surface area contributed by atoms with Crippen LogP contribution in [0.15, 0.2) is 52.4 Å². The predicted octanol–water partition coefficient (Wildman–Crippen LogP) is 3.60. The van der Waals surface area contributed by atoms with Crippen LogP contribution in [0.1, 0.15) is 22.3 Å². The number of fused-ring (bicyclic) bond motifs is 3. The molecule has 0 aromatic heterocycles. The van der Waals surface area contributed by atoms with Crippen LogP contribution in [0.25, 0.3) is 0 Å². The number of rotatable bonds is 2. The SMILES string of the molecule is O=C(O)c1ccc2c(c1)N=C(Nc1cccc(Cl)c1)N1CCCN=C21. The van der Waals surface area contributed by atoms with E-state index in [4.69, 9.17) is 11.6 Å². The van der Waals surface area contributed by atoms with Gasteiger partial charge in [0.25, 0.3) is 0 Å². The molecule has 0 fully saturated rings. The van der Waals surface area contributed by atoms with Gasteiger partial charge in [-0.25, -0.2) is 9.79 Å². The largest absolute Gasteiger partial charge is 0.478 e. The van der Waals surface area contributed by atoms with E-state index in [0.29, 0.717) is 16.7 Å². The Balaban J connectivity index is 1.79. The van der Waals surface area contributed by atoms with Gasteiger partial charge in [-0.05, 0) is 42.8 Å². The molecule has 0 aliphatic carbocycles. The van der Waals surface area contributed by atoms with Gasteiger partial charge in [0.2, 0.25) is 5.96 Å². The second-order valence-electron chi connectivity index (χ2n) is 5.82. The average Bonchev–Trinajstić information content (AvgIpc) is 2.61. The molecule has 6 nitrogen and oxygen atoms in total. The zero-order valence-corrected chi connectivity index (χ0v) is 14.0. The molecule has 0 spiro atoms. The lowest BCUT2D eigenvalue weighted by Crippen LogP contribution is -2.46. The quantitative estimate of drug-likeness (QED) is 0.863. The van der Waals surface area contributed by atoms with Crippen LogP contribution in [-0.2, 0) is 0 Å². The number of halogens is 1. The van der Waals surface area contributed by atoms with Crippen molar-refractivity contribution in [3.8, 4) is 0 Å². The van der Waals surface area contributed by atoms with Gasteiger partial charge in [0.1, 0.15) is 5.84 Å². The summed E-state index contributed by atoms with van der Waals surface area (Å²) in [6.45, 7) is 1.54. The molecule has 0 radical (unpaired) electrons. The molecule has 2 heterocycles. The number of guanidine groups is 1. The molecular formula is C18H15ClN4O2. The standard InChI is InChI=1S/C18H15ClN4O2/c19-12-3-1-4-13(10-12)21-18-22-15-9-11(17(24)25)5-6-14(15)16-20-7-2-8-23(16)18/h1,3-6,9-10H,2,7-8H2,(H,21,22)(H,24,25). The Morgan fingerprint density at radius 3 is 2.92 bits per heavy atom. The van der Waals surface area contributed by atoms with E-state index in [1.807, 2.05) is 23.1 Å². The molecule has 2 aromatic carbocycles. The third-order valence-corrected chi connectivity index (χ3v) is 4.34. The lowest BCUT2D eigenvalue weighted by molar-refractivity contribution is 0.0697. The highest BCUT2D eigenvalue weighted by Gasteiger charge is 2.28. The molecule has 0 atom stereocenters. The predicted molar refractivity (Wildman–Crippen MR) is 98.3 cm³/mol. The minimum Gasteiger partial charge on any atom is -0.478 e. The molecule has 25 heavy (non-hydrogen) atoms. The molecule has 2 aliphatic rings. The molecular weight excluding hydrogens is 340 g/mol. The summed E-state index contributed by atoms with van der Waals surface area (Å²) in [6.07, 6.45) is 0.933. The fourth-order valence-electron chi connectivity index (χ4n) is 2.95. The number of carbonyl (C=O) groups is 1. The lowest BCUT2D eigenvalue weighted by atomic mass is 10.0. The van der Waals surface area contributed by atoms with E-state index in [-0.39, 0.29) is 5.56 Å². The van der Waals surface area contributed by atoms with E-state index in [1.165, 1.54) is 0 Å². The fraction of sp³-hybridized carbons (Fsp3) is 0.167. The Kier molecular flexibility index (Phi) is 3.89.